The molecule has 0 saturated heterocycles. The zero-order chi connectivity index (χ0) is 19.4. The number of sulfone groups is 1. The number of methoxy groups -OCH3 is 1. The summed E-state index contributed by atoms with van der Waals surface area (Å²) in [6.07, 6.45) is 2.07. The summed E-state index contributed by atoms with van der Waals surface area (Å²) in [5.41, 5.74) is 1.98. The molecule has 0 aliphatic rings. The molecule has 3 aromatic rings. The largest absolute Gasteiger partial charge is 0.493 e. The third-order valence-corrected chi connectivity index (χ3v) is 5.62. The van der Waals surface area contributed by atoms with Gasteiger partial charge in [-0.2, -0.15) is 0 Å². The molecule has 9 heteroatoms. The number of ether oxygens (including phenoxy) is 2. The van der Waals surface area contributed by atoms with Crippen LogP contribution >= 0.6 is 0 Å². The van der Waals surface area contributed by atoms with E-state index in [0.29, 0.717) is 42.0 Å². The lowest BCUT2D eigenvalue weighted by Gasteiger charge is -2.09. The standard InChI is InChI=1S/C18H22N3O5S/c1-13-16(21(22)9-8-17(13)26-11-5-10-25-2)12-27(23,24)18-19-14-6-3-4-7-15(14)20-18/h3-4,6-9,22H,5,10-12H2,1-2H3,(H,19,20)/q+1. The number of benzene rings is 1. The Balaban J connectivity index is 1.87. The summed E-state index contributed by atoms with van der Waals surface area (Å²) in [4.78, 5) is 6.98. The average molecular weight is 392 g/mol. The number of nitrogens with zero attached hydrogens (tertiary/aromatic N) is 2. The van der Waals surface area contributed by atoms with E-state index in [9.17, 15) is 13.6 Å². The summed E-state index contributed by atoms with van der Waals surface area (Å²) in [7, 11) is -2.17. The van der Waals surface area contributed by atoms with Crippen LogP contribution in [0.25, 0.3) is 11.0 Å². The number of rotatable bonds is 8. The Morgan fingerprint density at radius 3 is 2.74 bits per heavy atom. The van der Waals surface area contributed by atoms with E-state index in [2.05, 4.69) is 9.97 Å². The maximum atomic E-state index is 12.8. The summed E-state index contributed by atoms with van der Waals surface area (Å²) < 4.78 is 37.1. The normalized spacial score (nSPS) is 11.8. The molecule has 0 radical (unpaired) electrons. The van der Waals surface area contributed by atoms with Crippen molar-refractivity contribution in [1.29, 1.82) is 0 Å². The van der Waals surface area contributed by atoms with E-state index >= 15 is 0 Å². The Labute approximate surface area is 157 Å². The minimum Gasteiger partial charge on any atom is -0.493 e. The molecule has 2 N–H and O–H groups in total. The predicted molar refractivity (Wildman–Crippen MR) is 97.5 cm³/mol. The Bertz CT molecular complexity index is 1010. The Morgan fingerprint density at radius 1 is 1.22 bits per heavy atom. The molecular weight excluding hydrogens is 370 g/mol. The fourth-order valence-corrected chi connectivity index (χ4v) is 4.06. The van der Waals surface area contributed by atoms with Crippen LogP contribution in [0.1, 0.15) is 17.7 Å². The fraction of sp³-hybridized carbons (Fsp3) is 0.333. The quantitative estimate of drug-likeness (QED) is 0.344. The van der Waals surface area contributed by atoms with Crippen LogP contribution in [0.15, 0.2) is 41.7 Å². The van der Waals surface area contributed by atoms with E-state index in [0.717, 1.165) is 4.73 Å². The zero-order valence-corrected chi connectivity index (χ0v) is 16.0. The Morgan fingerprint density at radius 2 is 2.00 bits per heavy atom. The molecule has 0 aliphatic heterocycles. The second-order valence-electron chi connectivity index (χ2n) is 6.11. The highest BCUT2D eigenvalue weighted by Gasteiger charge is 2.29. The van der Waals surface area contributed by atoms with Crippen LogP contribution in [0.5, 0.6) is 5.75 Å². The number of para-hydroxylation sites is 2. The van der Waals surface area contributed by atoms with Gasteiger partial charge in [-0.15, -0.1) is 0 Å². The first-order valence-electron chi connectivity index (χ1n) is 8.45. The second-order valence-corrected chi connectivity index (χ2v) is 8.01. The van der Waals surface area contributed by atoms with E-state index < -0.39 is 15.6 Å². The van der Waals surface area contributed by atoms with Crippen LogP contribution in [0.3, 0.4) is 0 Å². The number of fused-ring (bicyclic) bond motifs is 1. The summed E-state index contributed by atoms with van der Waals surface area (Å²) in [6.45, 7) is 2.71. The number of hydrogen-bond donors (Lipinski definition) is 2. The monoisotopic (exact) mass is 392 g/mol. The lowest BCUT2D eigenvalue weighted by Crippen LogP contribution is -2.37. The van der Waals surface area contributed by atoms with Crippen molar-refractivity contribution in [3.63, 3.8) is 0 Å². The molecule has 0 unspecified atom stereocenters. The molecule has 1 aromatic carbocycles. The van der Waals surface area contributed by atoms with E-state index in [1.165, 1.54) is 6.20 Å². The third kappa shape index (κ3) is 4.20. The minimum absolute atomic E-state index is 0.130. The van der Waals surface area contributed by atoms with Crippen molar-refractivity contribution >= 4 is 20.9 Å². The molecule has 0 atom stereocenters. The Hall–Kier alpha value is -2.65. The SMILES string of the molecule is COCCCOc1cc[n+](O)c(CS(=O)(=O)c2nc3ccccc3[nH]2)c1C. The summed E-state index contributed by atoms with van der Waals surface area (Å²) in [6, 6.07) is 8.67. The fourth-order valence-electron chi connectivity index (χ4n) is 2.71. The number of hydrogen-bond acceptors (Lipinski definition) is 6. The van der Waals surface area contributed by atoms with Crippen LogP contribution in [-0.2, 0) is 20.3 Å². The summed E-state index contributed by atoms with van der Waals surface area (Å²) in [5, 5.41) is 9.99. The molecule has 27 heavy (non-hydrogen) atoms. The third-order valence-electron chi connectivity index (χ3n) is 4.19. The van der Waals surface area contributed by atoms with Crippen molar-refractivity contribution in [2.45, 2.75) is 24.3 Å². The van der Waals surface area contributed by atoms with Crippen molar-refractivity contribution in [3.05, 3.63) is 47.8 Å². The van der Waals surface area contributed by atoms with Gasteiger partial charge in [-0.3, -0.25) is 5.21 Å². The van der Waals surface area contributed by atoms with Crippen LogP contribution in [0.4, 0.5) is 0 Å². The van der Waals surface area contributed by atoms with Gasteiger partial charge < -0.3 is 14.5 Å². The topological polar surface area (TPSA) is 105 Å². The maximum absolute atomic E-state index is 12.8. The summed E-state index contributed by atoms with van der Waals surface area (Å²) >= 11 is 0. The summed E-state index contributed by atoms with van der Waals surface area (Å²) in [5.74, 6) is 0.107. The van der Waals surface area contributed by atoms with Gasteiger partial charge in [0.2, 0.25) is 21.2 Å². The first kappa shape index (κ1) is 19.1. The molecule has 3 rings (SSSR count). The molecule has 2 heterocycles. The van der Waals surface area contributed by atoms with Crippen LogP contribution < -0.4 is 9.47 Å². The van der Waals surface area contributed by atoms with Crippen molar-refractivity contribution in [3.8, 4) is 5.75 Å². The molecule has 0 bridgehead atoms. The molecule has 0 spiro atoms. The van der Waals surface area contributed by atoms with Gasteiger partial charge in [0.05, 0.1) is 23.2 Å². The highest BCUT2D eigenvalue weighted by molar-refractivity contribution is 7.90. The number of aromatic nitrogens is 3. The minimum atomic E-state index is -3.79. The van der Waals surface area contributed by atoms with Crippen molar-refractivity contribution in [2.75, 3.05) is 20.3 Å². The van der Waals surface area contributed by atoms with Crippen molar-refractivity contribution in [1.82, 2.24) is 9.97 Å². The molecule has 0 saturated carbocycles. The van der Waals surface area contributed by atoms with Crippen LogP contribution in [0.2, 0.25) is 0 Å². The van der Waals surface area contributed by atoms with E-state index in [1.807, 2.05) is 0 Å². The Kier molecular flexibility index (Phi) is 5.62. The van der Waals surface area contributed by atoms with Crippen molar-refractivity contribution < 1.29 is 27.8 Å². The highest BCUT2D eigenvalue weighted by atomic mass is 32.2. The van der Waals surface area contributed by atoms with E-state index in [1.54, 1.807) is 44.4 Å². The van der Waals surface area contributed by atoms with Crippen LogP contribution in [-0.4, -0.2) is 43.9 Å². The van der Waals surface area contributed by atoms with Gasteiger partial charge in [0.1, 0.15) is 11.5 Å². The number of nitrogens with one attached hydrogen (secondary N) is 1. The molecule has 0 aliphatic carbocycles. The van der Waals surface area contributed by atoms with Gasteiger partial charge in [0.15, 0.2) is 0 Å². The predicted octanol–water partition coefficient (Wildman–Crippen LogP) is 1.79. The maximum Gasteiger partial charge on any atom is 0.256 e. The molecule has 0 amide bonds. The van der Waals surface area contributed by atoms with Gasteiger partial charge in [0, 0.05) is 30.9 Å². The molecule has 8 nitrogen and oxygen atoms in total. The van der Waals surface area contributed by atoms with E-state index in [4.69, 9.17) is 9.47 Å². The first-order chi connectivity index (χ1) is 12.9. The molecule has 144 valence electrons. The highest BCUT2D eigenvalue weighted by Crippen LogP contribution is 2.23. The average Bonchev–Trinajstić information content (AvgIpc) is 3.09. The van der Waals surface area contributed by atoms with Gasteiger partial charge in [-0.05, 0) is 19.1 Å². The van der Waals surface area contributed by atoms with E-state index in [-0.39, 0.29) is 10.9 Å². The van der Waals surface area contributed by atoms with Gasteiger partial charge >= 0.3 is 0 Å². The number of imidazole rings is 1. The number of H-pyrrole nitrogens is 1. The first-order valence-corrected chi connectivity index (χ1v) is 10.1. The second kappa shape index (κ2) is 7.93. The smallest absolute Gasteiger partial charge is 0.256 e. The van der Waals surface area contributed by atoms with Crippen molar-refractivity contribution in [2.24, 2.45) is 0 Å². The molecular formula is C18H22N3O5S+. The lowest BCUT2D eigenvalue weighted by molar-refractivity contribution is -0.909. The number of pyridine rings is 1. The zero-order valence-electron chi connectivity index (χ0n) is 15.2. The van der Waals surface area contributed by atoms with Gasteiger partial charge in [-0.25, -0.2) is 13.4 Å². The number of aromatic amines is 1. The van der Waals surface area contributed by atoms with Gasteiger partial charge in [-0.1, -0.05) is 12.1 Å². The lowest BCUT2D eigenvalue weighted by atomic mass is 10.2. The molecule has 2 aromatic heterocycles. The molecule has 0 fully saturated rings. The van der Waals surface area contributed by atoms with Crippen LogP contribution in [0, 0.1) is 6.92 Å². The van der Waals surface area contributed by atoms with Gasteiger partial charge in [0.25, 0.3) is 5.69 Å².